The number of nitrogens with one attached hydrogen (secondary N) is 2. The quantitative estimate of drug-likeness (QED) is 0.682. The first-order valence-corrected chi connectivity index (χ1v) is 10.5. The van der Waals surface area contributed by atoms with Crippen molar-refractivity contribution in [3.8, 4) is 0 Å². The van der Waals surface area contributed by atoms with Gasteiger partial charge in [0, 0.05) is 18.3 Å². The first-order chi connectivity index (χ1) is 13.8. The van der Waals surface area contributed by atoms with Crippen molar-refractivity contribution in [3.63, 3.8) is 0 Å². The lowest BCUT2D eigenvalue weighted by atomic mass is 10.2. The number of hydrogen-bond donors (Lipinski definition) is 2. The van der Waals surface area contributed by atoms with Crippen LogP contribution in [0.25, 0.3) is 0 Å². The predicted molar refractivity (Wildman–Crippen MR) is 108 cm³/mol. The molecule has 0 aliphatic heterocycles. The molecule has 2 amide bonds. The summed E-state index contributed by atoms with van der Waals surface area (Å²) in [6, 6.07) is 8.22. The number of alkyl halides is 3. The Labute approximate surface area is 175 Å². The van der Waals surface area contributed by atoms with E-state index in [0.29, 0.717) is 22.1 Å². The maximum absolute atomic E-state index is 13.0. The molecule has 2 aromatic carbocycles. The van der Waals surface area contributed by atoms with Crippen LogP contribution in [-0.4, -0.2) is 33.0 Å². The van der Waals surface area contributed by atoms with E-state index in [4.69, 9.17) is 11.6 Å². The van der Waals surface area contributed by atoms with Crippen LogP contribution in [-0.2, 0) is 25.8 Å². The molecule has 0 heterocycles. The second kappa shape index (κ2) is 8.92. The zero-order valence-corrected chi connectivity index (χ0v) is 17.3. The van der Waals surface area contributed by atoms with Gasteiger partial charge in [0.1, 0.15) is 6.54 Å². The summed E-state index contributed by atoms with van der Waals surface area (Å²) in [7, 11) is -4.15. The molecular formula is C18H17ClF3N3O4S. The van der Waals surface area contributed by atoms with Crippen molar-refractivity contribution in [1.82, 2.24) is 0 Å². The fourth-order valence-electron chi connectivity index (χ4n) is 2.47. The van der Waals surface area contributed by atoms with Gasteiger partial charge in [-0.3, -0.25) is 13.9 Å². The molecule has 0 atom stereocenters. The lowest BCUT2D eigenvalue weighted by Crippen LogP contribution is -2.37. The van der Waals surface area contributed by atoms with E-state index in [1.807, 2.05) is 0 Å². The highest BCUT2D eigenvalue weighted by Crippen LogP contribution is 2.36. The van der Waals surface area contributed by atoms with Gasteiger partial charge in [0.2, 0.25) is 21.8 Å². The van der Waals surface area contributed by atoms with Gasteiger partial charge in [-0.1, -0.05) is 17.7 Å². The van der Waals surface area contributed by atoms with Crippen LogP contribution in [0.15, 0.2) is 42.5 Å². The maximum atomic E-state index is 13.0. The molecule has 0 aliphatic carbocycles. The minimum atomic E-state index is -4.73. The zero-order chi connectivity index (χ0) is 22.7. The van der Waals surface area contributed by atoms with E-state index < -0.39 is 39.9 Å². The third kappa shape index (κ3) is 6.36. The highest BCUT2D eigenvalue weighted by Gasteiger charge is 2.33. The van der Waals surface area contributed by atoms with Crippen molar-refractivity contribution in [1.29, 1.82) is 0 Å². The number of benzene rings is 2. The number of carbonyl (C=O) groups is 2. The molecule has 0 saturated carbocycles. The van der Waals surface area contributed by atoms with Gasteiger partial charge in [0.15, 0.2) is 0 Å². The lowest BCUT2D eigenvalue weighted by Gasteiger charge is -2.24. The second-order valence-corrected chi connectivity index (χ2v) is 8.56. The summed E-state index contributed by atoms with van der Waals surface area (Å²) >= 11 is 5.91. The Balaban J connectivity index is 2.31. The first kappa shape index (κ1) is 23.5. The maximum Gasteiger partial charge on any atom is 0.416 e. The van der Waals surface area contributed by atoms with Crippen molar-refractivity contribution in [2.24, 2.45) is 0 Å². The normalized spacial score (nSPS) is 11.7. The second-order valence-electron chi connectivity index (χ2n) is 6.24. The molecule has 30 heavy (non-hydrogen) atoms. The summed E-state index contributed by atoms with van der Waals surface area (Å²) < 4.78 is 63.9. The average molecular weight is 464 g/mol. The molecule has 0 unspecified atom stereocenters. The number of hydrogen-bond acceptors (Lipinski definition) is 4. The summed E-state index contributed by atoms with van der Waals surface area (Å²) in [5.41, 5.74) is -0.953. The van der Waals surface area contributed by atoms with Gasteiger partial charge in [-0.15, -0.1) is 0 Å². The Morgan fingerprint density at radius 3 is 2.20 bits per heavy atom. The largest absolute Gasteiger partial charge is 0.416 e. The molecule has 0 saturated heterocycles. The highest BCUT2D eigenvalue weighted by atomic mass is 35.5. The van der Waals surface area contributed by atoms with Crippen LogP contribution in [0.1, 0.15) is 12.5 Å². The van der Waals surface area contributed by atoms with Crippen LogP contribution in [0.4, 0.5) is 30.2 Å². The van der Waals surface area contributed by atoms with Gasteiger partial charge >= 0.3 is 6.18 Å². The van der Waals surface area contributed by atoms with Gasteiger partial charge in [-0.05, 0) is 36.4 Å². The van der Waals surface area contributed by atoms with Gasteiger partial charge < -0.3 is 10.6 Å². The molecular weight excluding hydrogens is 447 g/mol. The molecule has 12 heteroatoms. The number of carbonyl (C=O) groups excluding carboxylic acids is 2. The van der Waals surface area contributed by atoms with E-state index in [1.165, 1.54) is 19.1 Å². The molecule has 0 spiro atoms. The van der Waals surface area contributed by atoms with E-state index >= 15 is 0 Å². The Bertz CT molecular complexity index is 1070. The monoisotopic (exact) mass is 463 g/mol. The summed E-state index contributed by atoms with van der Waals surface area (Å²) in [5.74, 6) is -1.16. The standard InChI is InChI=1S/C18H17ClF3N3O4S/c1-11(26)23-13-4-3-5-14(9-13)24-17(27)10-25(30(2,28)29)16-8-12(18(20,21)22)6-7-15(16)19/h3-9H,10H2,1-2H3,(H,23,26)(H,24,27). The third-order valence-corrected chi connectivity index (χ3v) is 5.14. The van der Waals surface area contributed by atoms with E-state index in [1.54, 1.807) is 12.1 Å². The van der Waals surface area contributed by atoms with Crippen molar-refractivity contribution >= 4 is 50.5 Å². The van der Waals surface area contributed by atoms with Crippen LogP contribution >= 0.6 is 11.6 Å². The van der Waals surface area contributed by atoms with Crippen LogP contribution in [0, 0.1) is 0 Å². The topological polar surface area (TPSA) is 95.6 Å². The molecule has 0 fully saturated rings. The van der Waals surface area contributed by atoms with Crippen molar-refractivity contribution in [2.45, 2.75) is 13.1 Å². The Morgan fingerprint density at radius 1 is 1.07 bits per heavy atom. The summed E-state index contributed by atoms with van der Waals surface area (Å²) in [6.07, 6.45) is -3.98. The van der Waals surface area contributed by atoms with Gasteiger partial charge in [0.05, 0.1) is 22.5 Å². The fraction of sp³-hybridized carbons (Fsp3) is 0.222. The van der Waals surface area contributed by atoms with Crippen molar-refractivity contribution in [2.75, 3.05) is 27.7 Å². The number of nitrogens with zero attached hydrogens (tertiary/aromatic N) is 1. The minimum Gasteiger partial charge on any atom is -0.326 e. The number of sulfonamides is 1. The van der Waals surface area contributed by atoms with E-state index in [-0.39, 0.29) is 16.6 Å². The van der Waals surface area contributed by atoms with Gasteiger partial charge in [-0.2, -0.15) is 13.2 Å². The average Bonchev–Trinajstić information content (AvgIpc) is 2.58. The Hall–Kier alpha value is -2.79. The fourth-order valence-corrected chi connectivity index (χ4v) is 3.60. The number of halogens is 4. The smallest absolute Gasteiger partial charge is 0.326 e. The Kier molecular flexibility index (Phi) is 6.99. The molecule has 2 aromatic rings. The lowest BCUT2D eigenvalue weighted by molar-refractivity contribution is -0.137. The number of rotatable bonds is 6. The molecule has 0 bridgehead atoms. The van der Waals surface area contributed by atoms with Gasteiger partial charge in [-0.25, -0.2) is 8.42 Å². The number of anilines is 3. The Morgan fingerprint density at radius 2 is 1.67 bits per heavy atom. The van der Waals surface area contributed by atoms with Gasteiger partial charge in [0.25, 0.3) is 0 Å². The minimum absolute atomic E-state index is 0.245. The molecule has 162 valence electrons. The molecule has 0 aliphatic rings. The van der Waals surface area contributed by atoms with Crippen LogP contribution in [0.2, 0.25) is 5.02 Å². The van der Waals surface area contributed by atoms with E-state index in [0.717, 1.165) is 12.3 Å². The molecule has 2 rings (SSSR count). The number of amides is 2. The molecule has 0 radical (unpaired) electrons. The van der Waals surface area contributed by atoms with Crippen molar-refractivity contribution < 1.29 is 31.2 Å². The first-order valence-electron chi connectivity index (χ1n) is 8.29. The third-order valence-electron chi connectivity index (χ3n) is 3.70. The molecule has 2 N–H and O–H groups in total. The zero-order valence-electron chi connectivity index (χ0n) is 15.7. The summed E-state index contributed by atoms with van der Waals surface area (Å²) in [4.78, 5) is 23.5. The molecule has 7 nitrogen and oxygen atoms in total. The predicted octanol–water partition coefficient (Wildman–Crippen LogP) is 3.72. The van der Waals surface area contributed by atoms with Crippen molar-refractivity contribution in [3.05, 3.63) is 53.1 Å². The van der Waals surface area contributed by atoms with E-state index in [2.05, 4.69) is 10.6 Å². The van der Waals surface area contributed by atoms with Crippen LogP contribution in [0.5, 0.6) is 0 Å². The summed E-state index contributed by atoms with van der Waals surface area (Å²) in [6.45, 7) is 0.484. The van der Waals surface area contributed by atoms with E-state index in [9.17, 15) is 31.2 Å². The van der Waals surface area contributed by atoms with Crippen LogP contribution < -0.4 is 14.9 Å². The summed E-state index contributed by atoms with van der Waals surface area (Å²) in [5, 5.41) is 4.68. The SMILES string of the molecule is CC(=O)Nc1cccc(NC(=O)CN(c2cc(C(F)(F)F)ccc2Cl)S(C)(=O)=O)c1. The molecule has 0 aromatic heterocycles. The highest BCUT2D eigenvalue weighted by molar-refractivity contribution is 7.92. The van der Waals surface area contributed by atoms with Crippen LogP contribution in [0.3, 0.4) is 0 Å².